The summed E-state index contributed by atoms with van der Waals surface area (Å²) in [6.07, 6.45) is -2.54. The fourth-order valence-electron chi connectivity index (χ4n) is 2.28. The minimum absolute atomic E-state index is 0.450. The van der Waals surface area contributed by atoms with E-state index in [1.165, 1.54) is 0 Å². The van der Waals surface area contributed by atoms with Crippen LogP contribution in [0.1, 0.15) is 48.0 Å². The molecule has 2 saturated heterocycles. The molecule has 0 spiro atoms. The van der Waals surface area contributed by atoms with Crippen molar-refractivity contribution in [3.05, 3.63) is 0 Å². The number of esters is 2. The fourth-order valence-corrected chi connectivity index (χ4v) is 2.28. The minimum Gasteiger partial charge on any atom is -0.454 e. The third-order valence-electron chi connectivity index (χ3n) is 4.07. The summed E-state index contributed by atoms with van der Waals surface area (Å²) in [6.45, 7) is 10.5. The largest absolute Gasteiger partial charge is 0.454 e. The summed E-state index contributed by atoms with van der Waals surface area (Å²) in [5.74, 6) is -2.10. The molecular formula is C15H24O7. The lowest BCUT2D eigenvalue weighted by Crippen LogP contribution is -2.42. The molecule has 0 bridgehead atoms. The lowest BCUT2D eigenvalue weighted by molar-refractivity contribution is -0.424. The predicted octanol–water partition coefficient (Wildman–Crippen LogP) is 1.73. The van der Waals surface area contributed by atoms with Gasteiger partial charge in [-0.05, 0) is 41.0 Å². The normalized spacial score (nSPS) is 34.5. The standard InChI is InChI=1S/C15H24O7/c1-7-14(3,4)13(17)19-11-10-9(18-12(11)16)8(2)20-15(5,6)22-21-10/h8-11H,7H2,1-6H3. The molecule has 0 N–H and O–H groups in total. The summed E-state index contributed by atoms with van der Waals surface area (Å²) >= 11 is 0. The van der Waals surface area contributed by atoms with Gasteiger partial charge >= 0.3 is 11.9 Å². The summed E-state index contributed by atoms with van der Waals surface area (Å²) in [5, 5.41) is 0. The molecule has 0 radical (unpaired) electrons. The van der Waals surface area contributed by atoms with Gasteiger partial charge in [0.15, 0.2) is 18.0 Å². The predicted molar refractivity (Wildman–Crippen MR) is 74.4 cm³/mol. The van der Waals surface area contributed by atoms with E-state index in [0.717, 1.165) is 0 Å². The van der Waals surface area contributed by atoms with Gasteiger partial charge in [0.2, 0.25) is 6.10 Å². The molecule has 2 aliphatic heterocycles. The number of carbonyl (C=O) groups is 2. The first kappa shape index (κ1) is 17.2. The van der Waals surface area contributed by atoms with Gasteiger partial charge in [-0.1, -0.05) is 6.92 Å². The second kappa shape index (κ2) is 5.79. The highest BCUT2D eigenvalue weighted by atomic mass is 17.2. The van der Waals surface area contributed by atoms with Crippen molar-refractivity contribution in [3.63, 3.8) is 0 Å². The lowest BCUT2D eigenvalue weighted by Gasteiger charge is -2.25. The molecule has 7 heteroatoms. The van der Waals surface area contributed by atoms with Crippen molar-refractivity contribution >= 4 is 11.9 Å². The molecular weight excluding hydrogens is 292 g/mol. The highest BCUT2D eigenvalue weighted by molar-refractivity contribution is 5.84. The Labute approximate surface area is 130 Å². The van der Waals surface area contributed by atoms with E-state index in [2.05, 4.69) is 0 Å². The van der Waals surface area contributed by atoms with Crippen molar-refractivity contribution in [2.24, 2.45) is 5.41 Å². The van der Waals surface area contributed by atoms with E-state index in [1.54, 1.807) is 34.6 Å². The van der Waals surface area contributed by atoms with Gasteiger partial charge in [0, 0.05) is 0 Å². The Morgan fingerprint density at radius 2 is 1.95 bits per heavy atom. The molecule has 126 valence electrons. The topological polar surface area (TPSA) is 80.3 Å². The van der Waals surface area contributed by atoms with Gasteiger partial charge in [0.25, 0.3) is 0 Å². The molecule has 0 aromatic heterocycles. The highest BCUT2D eigenvalue weighted by Gasteiger charge is 2.55. The fraction of sp³-hybridized carbons (Fsp3) is 0.867. The quantitative estimate of drug-likeness (QED) is 0.579. The molecule has 0 amide bonds. The van der Waals surface area contributed by atoms with Crippen molar-refractivity contribution in [1.82, 2.24) is 0 Å². The maximum absolute atomic E-state index is 12.2. The second-order valence-electron chi connectivity index (χ2n) is 6.83. The average molecular weight is 316 g/mol. The third kappa shape index (κ3) is 3.26. The Kier molecular flexibility index (Phi) is 4.52. The first-order valence-corrected chi connectivity index (χ1v) is 7.51. The Morgan fingerprint density at radius 1 is 1.32 bits per heavy atom. The SMILES string of the molecule is CCC(C)(C)C(=O)OC1C(=O)OC2C(C)OC(C)(C)OOC12. The van der Waals surface area contributed by atoms with Crippen LogP contribution in [-0.4, -0.2) is 42.1 Å². The van der Waals surface area contributed by atoms with E-state index in [-0.39, 0.29) is 0 Å². The van der Waals surface area contributed by atoms with Gasteiger partial charge in [-0.2, -0.15) is 0 Å². The Morgan fingerprint density at radius 3 is 2.55 bits per heavy atom. The van der Waals surface area contributed by atoms with Crippen LogP contribution < -0.4 is 0 Å². The van der Waals surface area contributed by atoms with Crippen LogP contribution >= 0.6 is 0 Å². The van der Waals surface area contributed by atoms with E-state index in [0.29, 0.717) is 6.42 Å². The van der Waals surface area contributed by atoms with Gasteiger partial charge in [0.1, 0.15) is 0 Å². The first-order chi connectivity index (χ1) is 10.1. The zero-order valence-electron chi connectivity index (χ0n) is 13.9. The number of rotatable bonds is 3. The van der Waals surface area contributed by atoms with Crippen LogP contribution in [0.2, 0.25) is 0 Å². The van der Waals surface area contributed by atoms with Crippen LogP contribution in [0.5, 0.6) is 0 Å². The second-order valence-corrected chi connectivity index (χ2v) is 6.83. The van der Waals surface area contributed by atoms with E-state index in [9.17, 15) is 9.59 Å². The maximum atomic E-state index is 12.2. The van der Waals surface area contributed by atoms with E-state index >= 15 is 0 Å². The molecule has 7 nitrogen and oxygen atoms in total. The highest BCUT2D eigenvalue weighted by Crippen LogP contribution is 2.34. The van der Waals surface area contributed by atoms with Gasteiger partial charge in [-0.3, -0.25) is 4.79 Å². The molecule has 0 aliphatic carbocycles. The molecule has 4 unspecified atom stereocenters. The van der Waals surface area contributed by atoms with E-state index in [4.69, 9.17) is 24.0 Å². The number of hydrogen-bond acceptors (Lipinski definition) is 7. The molecule has 2 heterocycles. The molecule has 0 aromatic carbocycles. The van der Waals surface area contributed by atoms with Crippen LogP contribution in [0.25, 0.3) is 0 Å². The molecule has 4 atom stereocenters. The molecule has 22 heavy (non-hydrogen) atoms. The van der Waals surface area contributed by atoms with E-state index < -0.39 is 47.6 Å². The minimum atomic E-state index is -1.15. The summed E-state index contributed by atoms with van der Waals surface area (Å²) in [5.41, 5.74) is -0.689. The Hall–Kier alpha value is -1.18. The van der Waals surface area contributed by atoms with Crippen molar-refractivity contribution < 1.29 is 33.6 Å². The average Bonchev–Trinajstić information content (AvgIpc) is 2.67. The first-order valence-electron chi connectivity index (χ1n) is 7.51. The summed E-state index contributed by atoms with van der Waals surface area (Å²) in [4.78, 5) is 34.7. The van der Waals surface area contributed by atoms with Crippen molar-refractivity contribution in [3.8, 4) is 0 Å². The van der Waals surface area contributed by atoms with Crippen molar-refractivity contribution in [2.45, 2.75) is 78.2 Å². The number of hydrogen-bond donors (Lipinski definition) is 0. The Balaban J connectivity index is 2.16. The third-order valence-corrected chi connectivity index (χ3v) is 4.07. The summed E-state index contributed by atoms with van der Waals surface area (Å²) in [7, 11) is 0. The zero-order valence-corrected chi connectivity index (χ0v) is 13.9. The Bertz CT molecular complexity index is 457. The van der Waals surface area contributed by atoms with Crippen LogP contribution in [0.3, 0.4) is 0 Å². The lowest BCUT2D eigenvalue weighted by atomic mass is 9.90. The van der Waals surface area contributed by atoms with Gasteiger partial charge in [0.05, 0.1) is 11.5 Å². The molecule has 2 fully saturated rings. The van der Waals surface area contributed by atoms with Crippen molar-refractivity contribution in [1.29, 1.82) is 0 Å². The van der Waals surface area contributed by atoms with Gasteiger partial charge in [-0.15, -0.1) is 0 Å². The molecule has 0 saturated carbocycles. The molecule has 2 rings (SSSR count). The van der Waals surface area contributed by atoms with Crippen LogP contribution in [-0.2, 0) is 33.6 Å². The summed E-state index contributed by atoms with van der Waals surface area (Å²) < 4.78 is 16.2. The molecule has 0 aromatic rings. The van der Waals surface area contributed by atoms with Crippen molar-refractivity contribution in [2.75, 3.05) is 0 Å². The number of carbonyl (C=O) groups excluding carboxylic acids is 2. The number of fused-ring (bicyclic) bond motifs is 1. The monoisotopic (exact) mass is 316 g/mol. The van der Waals surface area contributed by atoms with Crippen LogP contribution in [0.15, 0.2) is 0 Å². The molecule has 2 aliphatic rings. The number of ether oxygens (including phenoxy) is 3. The van der Waals surface area contributed by atoms with Gasteiger partial charge < -0.3 is 14.2 Å². The van der Waals surface area contributed by atoms with E-state index in [1.807, 2.05) is 6.92 Å². The van der Waals surface area contributed by atoms with Crippen LogP contribution in [0.4, 0.5) is 0 Å². The van der Waals surface area contributed by atoms with Gasteiger partial charge in [-0.25, -0.2) is 14.6 Å². The summed E-state index contributed by atoms with van der Waals surface area (Å²) in [6, 6.07) is 0. The zero-order chi connectivity index (χ0) is 16.7. The smallest absolute Gasteiger partial charge is 0.351 e. The maximum Gasteiger partial charge on any atom is 0.351 e. The van der Waals surface area contributed by atoms with Crippen LogP contribution in [0, 0.1) is 5.41 Å².